The van der Waals surface area contributed by atoms with E-state index in [-0.39, 0.29) is 28.6 Å². The van der Waals surface area contributed by atoms with Gasteiger partial charge in [0.1, 0.15) is 5.69 Å². The van der Waals surface area contributed by atoms with E-state index in [9.17, 15) is 19.2 Å². The summed E-state index contributed by atoms with van der Waals surface area (Å²) in [6.07, 6.45) is 3.74. The van der Waals surface area contributed by atoms with Crippen molar-refractivity contribution in [1.82, 2.24) is 4.98 Å². The monoisotopic (exact) mass is 556 g/mol. The standard InChI is InChI=1S/C26H26ClFN6O3S/c1-6-32(3)25-19(30-2)13-31-14-21(25)33(4)26(36)34(9-7-8-29)20-12-23(38-24(20)15-35)16-10-22(37-5)18(28)11-17(16)27/h10-15H,2,6-7,9H2,1,3-5H3. The van der Waals surface area contributed by atoms with Crippen LogP contribution in [-0.4, -0.2) is 58.3 Å². The van der Waals surface area contributed by atoms with Gasteiger partial charge in [-0.25, -0.2) is 9.18 Å². The number of hydrogen-bond acceptors (Lipinski definition) is 8. The number of pyridine rings is 1. The SMILES string of the molecule is C=Nc1cncc(N(C)C(=O)N(CCC#N)c2cc(-c3cc(OC)c(F)cc3Cl)sc2C=O)c1N(C)CC. The number of aliphatic imine (C=N–C) groups is 1. The van der Waals surface area contributed by atoms with Gasteiger partial charge < -0.3 is 9.64 Å². The molecular weight excluding hydrogens is 531 g/mol. The van der Waals surface area contributed by atoms with E-state index in [1.54, 1.807) is 25.5 Å². The Kier molecular flexibility index (Phi) is 9.39. The topological polar surface area (TPSA) is 102 Å². The lowest BCUT2D eigenvalue weighted by Crippen LogP contribution is -2.42. The third-order valence-corrected chi connectivity index (χ3v) is 7.27. The highest BCUT2D eigenvalue weighted by atomic mass is 35.5. The van der Waals surface area contributed by atoms with Crippen molar-refractivity contribution in [3.8, 4) is 22.3 Å². The number of hydrogen-bond donors (Lipinski definition) is 0. The number of carbonyl (C=O) groups is 2. The molecule has 0 N–H and O–H groups in total. The highest BCUT2D eigenvalue weighted by Crippen LogP contribution is 2.42. The molecule has 0 bridgehead atoms. The Morgan fingerprint density at radius 3 is 2.66 bits per heavy atom. The van der Waals surface area contributed by atoms with Crippen LogP contribution in [0.15, 0.2) is 35.6 Å². The fourth-order valence-corrected chi connectivity index (χ4v) is 5.12. The molecule has 198 valence electrons. The van der Waals surface area contributed by atoms with Crippen LogP contribution in [0.25, 0.3) is 10.4 Å². The molecule has 2 amide bonds. The largest absolute Gasteiger partial charge is 0.494 e. The quantitative estimate of drug-likeness (QED) is 0.218. The van der Waals surface area contributed by atoms with E-state index in [2.05, 4.69) is 16.7 Å². The number of nitrogens with zero attached hydrogens (tertiary/aromatic N) is 6. The number of anilines is 3. The molecule has 2 aromatic heterocycles. The minimum Gasteiger partial charge on any atom is -0.494 e. The molecule has 0 atom stereocenters. The number of aldehydes is 1. The first-order valence-electron chi connectivity index (χ1n) is 11.4. The summed E-state index contributed by atoms with van der Waals surface area (Å²) in [7, 11) is 4.77. The van der Waals surface area contributed by atoms with Crippen LogP contribution in [0.4, 0.5) is 31.9 Å². The van der Waals surface area contributed by atoms with Gasteiger partial charge in [0.25, 0.3) is 0 Å². The Bertz CT molecular complexity index is 1410. The first kappa shape index (κ1) is 28.6. The van der Waals surface area contributed by atoms with Crippen molar-refractivity contribution in [1.29, 1.82) is 5.26 Å². The van der Waals surface area contributed by atoms with Crippen LogP contribution in [0.3, 0.4) is 0 Å². The van der Waals surface area contributed by atoms with Gasteiger partial charge in [-0.05, 0) is 31.8 Å². The van der Waals surface area contributed by atoms with Crippen molar-refractivity contribution in [2.45, 2.75) is 13.3 Å². The van der Waals surface area contributed by atoms with Gasteiger partial charge in [0, 0.05) is 37.6 Å². The number of rotatable bonds is 10. The molecule has 0 fully saturated rings. The van der Waals surface area contributed by atoms with E-state index in [1.807, 2.05) is 24.9 Å². The molecule has 9 nitrogen and oxygen atoms in total. The predicted molar refractivity (Wildman–Crippen MR) is 150 cm³/mol. The molecule has 38 heavy (non-hydrogen) atoms. The average molecular weight is 557 g/mol. The van der Waals surface area contributed by atoms with E-state index in [1.165, 1.54) is 23.0 Å². The lowest BCUT2D eigenvalue weighted by atomic mass is 10.1. The molecule has 0 saturated carbocycles. The molecule has 0 spiro atoms. The highest BCUT2D eigenvalue weighted by Gasteiger charge is 2.28. The smallest absolute Gasteiger partial charge is 0.328 e. The fourth-order valence-electron chi connectivity index (χ4n) is 3.81. The number of carbonyl (C=O) groups excluding carboxylic acids is 2. The normalized spacial score (nSPS) is 10.4. The number of nitriles is 1. The Hall–Kier alpha value is -4.01. The molecule has 0 aliphatic heterocycles. The van der Waals surface area contributed by atoms with Gasteiger partial charge in [-0.15, -0.1) is 11.3 Å². The molecular formula is C26H26ClFN6O3S. The second kappa shape index (κ2) is 12.5. The van der Waals surface area contributed by atoms with E-state index in [0.29, 0.717) is 46.0 Å². The van der Waals surface area contributed by atoms with Gasteiger partial charge in [0.15, 0.2) is 17.9 Å². The summed E-state index contributed by atoms with van der Waals surface area (Å²) < 4.78 is 19.2. The maximum Gasteiger partial charge on any atom is 0.328 e. The number of thiophene rings is 1. The summed E-state index contributed by atoms with van der Waals surface area (Å²) in [6.45, 7) is 6.21. The van der Waals surface area contributed by atoms with Crippen LogP contribution in [0.1, 0.15) is 23.0 Å². The number of aromatic nitrogens is 1. The second-order valence-corrected chi connectivity index (χ2v) is 9.54. The Balaban J connectivity index is 2.13. The minimum absolute atomic E-state index is 0.0140. The van der Waals surface area contributed by atoms with Crippen molar-refractivity contribution in [3.05, 3.63) is 46.3 Å². The molecule has 3 aromatic rings. The van der Waals surface area contributed by atoms with Gasteiger partial charge in [-0.2, -0.15) is 5.26 Å². The van der Waals surface area contributed by atoms with Crippen molar-refractivity contribution in [2.24, 2.45) is 4.99 Å². The van der Waals surface area contributed by atoms with E-state index in [4.69, 9.17) is 16.3 Å². The Morgan fingerprint density at radius 1 is 1.32 bits per heavy atom. The number of urea groups is 1. The third kappa shape index (κ3) is 5.61. The summed E-state index contributed by atoms with van der Waals surface area (Å²) >= 11 is 7.40. The summed E-state index contributed by atoms with van der Waals surface area (Å²) in [6, 6.07) is 5.73. The van der Waals surface area contributed by atoms with Crippen LogP contribution >= 0.6 is 22.9 Å². The van der Waals surface area contributed by atoms with Crippen LogP contribution in [0.5, 0.6) is 5.75 Å². The third-order valence-electron chi connectivity index (χ3n) is 5.88. The zero-order chi connectivity index (χ0) is 28.0. The average Bonchev–Trinajstić information content (AvgIpc) is 3.35. The van der Waals surface area contributed by atoms with Crippen molar-refractivity contribution in [2.75, 3.05) is 49.0 Å². The van der Waals surface area contributed by atoms with Gasteiger partial charge in [-0.1, -0.05) is 11.6 Å². The molecule has 1 aromatic carbocycles. The van der Waals surface area contributed by atoms with Gasteiger partial charge in [-0.3, -0.25) is 24.6 Å². The predicted octanol–water partition coefficient (Wildman–Crippen LogP) is 6.19. The molecule has 12 heteroatoms. The summed E-state index contributed by atoms with van der Waals surface area (Å²) in [4.78, 5) is 39.6. The fraction of sp³-hybridized carbons (Fsp3) is 0.269. The number of ether oxygens (including phenoxy) is 1. The van der Waals surface area contributed by atoms with Crippen LogP contribution in [0, 0.1) is 17.1 Å². The summed E-state index contributed by atoms with van der Waals surface area (Å²) in [5, 5.41) is 9.39. The van der Waals surface area contributed by atoms with E-state index in [0.717, 1.165) is 17.4 Å². The molecule has 0 saturated heterocycles. The van der Waals surface area contributed by atoms with E-state index < -0.39 is 11.8 Å². The molecule has 0 unspecified atom stereocenters. The number of methoxy groups -OCH3 is 1. The minimum atomic E-state index is -0.626. The van der Waals surface area contributed by atoms with Crippen molar-refractivity contribution in [3.63, 3.8) is 0 Å². The van der Waals surface area contributed by atoms with Gasteiger partial charge in [0.05, 0.1) is 59.0 Å². The lowest BCUT2D eigenvalue weighted by molar-refractivity contribution is 0.112. The van der Waals surface area contributed by atoms with E-state index >= 15 is 0 Å². The Labute approximate surface area is 229 Å². The number of amides is 2. The second-order valence-electron chi connectivity index (χ2n) is 8.04. The maximum absolute atomic E-state index is 14.1. The van der Waals surface area contributed by atoms with Crippen LogP contribution < -0.4 is 19.4 Å². The van der Waals surface area contributed by atoms with Crippen LogP contribution in [0.2, 0.25) is 5.02 Å². The first-order chi connectivity index (χ1) is 18.2. The van der Waals surface area contributed by atoms with Crippen LogP contribution in [-0.2, 0) is 0 Å². The zero-order valence-corrected chi connectivity index (χ0v) is 22.9. The lowest BCUT2D eigenvalue weighted by Gasteiger charge is -2.31. The molecule has 0 radical (unpaired) electrons. The number of benzene rings is 1. The Morgan fingerprint density at radius 2 is 2.05 bits per heavy atom. The zero-order valence-electron chi connectivity index (χ0n) is 21.4. The molecule has 0 aliphatic carbocycles. The maximum atomic E-state index is 14.1. The molecule has 0 aliphatic rings. The molecule has 2 heterocycles. The first-order valence-corrected chi connectivity index (χ1v) is 12.6. The van der Waals surface area contributed by atoms with Gasteiger partial charge >= 0.3 is 6.03 Å². The highest BCUT2D eigenvalue weighted by molar-refractivity contribution is 7.17. The molecule has 3 rings (SSSR count). The van der Waals surface area contributed by atoms with Gasteiger partial charge in [0.2, 0.25) is 0 Å². The summed E-state index contributed by atoms with van der Waals surface area (Å²) in [5.41, 5.74) is 2.36. The van der Waals surface area contributed by atoms with Crippen molar-refractivity contribution < 1.29 is 18.7 Å². The number of halogens is 2. The summed E-state index contributed by atoms with van der Waals surface area (Å²) in [5.74, 6) is -0.640. The van der Waals surface area contributed by atoms with Crippen molar-refractivity contribution >= 4 is 64.7 Å².